The number of methoxy groups -OCH3 is 1. The second-order valence-corrected chi connectivity index (χ2v) is 2.67. The van der Waals surface area contributed by atoms with E-state index in [1.165, 1.54) is 6.20 Å². The Balaban J connectivity index is 0. The molecular weight excluding hydrogens is 192 g/mol. The van der Waals surface area contributed by atoms with E-state index < -0.39 is 0 Å². The molecule has 0 aromatic carbocycles. The zero-order chi connectivity index (χ0) is 12.1. The van der Waals surface area contributed by atoms with Crippen LogP contribution in [0.3, 0.4) is 0 Å². The Labute approximate surface area is 93.2 Å². The quantitative estimate of drug-likeness (QED) is 0.567. The van der Waals surface area contributed by atoms with Crippen LogP contribution in [0.15, 0.2) is 17.8 Å². The van der Waals surface area contributed by atoms with Crippen molar-refractivity contribution in [1.29, 1.82) is 0 Å². The van der Waals surface area contributed by atoms with Gasteiger partial charge in [0.2, 0.25) is 0 Å². The van der Waals surface area contributed by atoms with Gasteiger partial charge in [-0.25, -0.2) is 4.99 Å². The van der Waals surface area contributed by atoms with Crippen LogP contribution in [0.1, 0.15) is 27.2 Å². The van der Waals surface area contributed by atoms with Crippen LogP contribution in [-0.2, 0) is 9.47 Å². The minimum absolute atomic E-state index is 0.375. The topological polar surface area (TPSA) is 56.8 Å². The van der Waals surface area contributed by atoms with E-state index in [0.29, 0.717) is 11.9 Å². The van der Waals surface area contributed by atoms with Gasteiger partial charge < -0.3 is 15.2 Å². The molecule has 1 fully saturated rings. The largest absolute Gasteiger partial charge is 0.387 e. The number of aliphatic imine (C=N–C) groups is 1. The number of hydrogen-bond acceptors (Lipinski definition) is 3. The molecule has 1 heterocycles. The van der Waals surface area contributed by atoms with E-state index in [0.717, 1.165) is 19.6 Å². The van der Waals surface area contributed by atoms with Crippen molar-refractivity contribution in [1.82, 2.24) is 0 Å². The highest BCUT2D eigenvalue weighted by molar-refractivity contribution is 5.77. The molecule has 0 saturated carbocycles. The lowest BCUT2D eigenvalue weighted by Gasteiger charge is -2.00. The lowest BCUT2D eigenvalue weighted by Crippen LogP contribution is -2.07. The van der Waals surface area contributed by atoms with E-state index in [1.807, 2.05) is 13.8 Å². The van der Waals surface area contributed by atoms with Gasteiger partial charge >= 0.3 is 0 Å². The third kappa shape index (κ3) is 13.1. The van der Waals surface area contributed by atoms with Gasteiger partial charge in [-0.1, -0.05) is 20.4 Å². The first-order chi connectivity index (χ1) is 7.20. The molecule has 0 radical (unpaired) electrons. The molecule has 15 heavy (non-hydrogen) atoms. The molecule has 1 saturated heterocycles. The first-order valence-electron chi connectivity index (χ1n) is 5.22. The van der Waals surface area contributed by atoms with Crippen molar-refractivity contribution in [2.24, 2.45) is 10.7 Å². The van der Waals surface area contributed by atoms with Gasteiger partial charge in [-0.05, 0) is 13.3 Å². The van der Waals surface area contributed by atoms with Crippen LogP contribution >= 0.6 is 0 Å². The van der Waals surface area contributed by atoms with E-state index in [2.05, 4.69) is 11.6 Å². The van der Waals surface area contributed by atoms with Gasteiger partial charge in [-0.15, -0.1) is 0 Å². The maximum absolute atomic E-state index is 5.08. The standard InChI is InChI=1S/C5H10O2.C4H8N2.C2H6/c1-6-5-2-3-7-4-5;1-3-6-4(2)5;1-2/h5H,2-4H2,1H3;3H,1H2,2H3,(H2,5,6);1-2H3. The summed E-state index contributed by atoms with van der Waals surface area (Å²) in [5.74, 6) is 0.546. The lowest BCUT2D eigenvalue weighted by molar-refractivity contribution is 0.0822. The highest BCUT2D eigenvalue weighted by atomic mass is 16.5. The van der Waals surface area contributed by atoms with Crippen molar-refractivity contribution in [3.05, 3.63) is 12.8 Å². The van der Waals surface area contributed by atoms with E-state index >= 15 is 0 Å². The van der Waals surface area contributed by atoms with Crippen molar-refractivity contribution in [2.45, 2.75) is 33.3 Å². The summed E-state index contributed by atoms with van der Waals surface area (Å²) in [6.45, 7) is 10.7. The average molecular weight is 216 g/mol. The smallest absolute Gasteiger partial charge is 0.0957 e. The molecule has 4 heteroatoms. The van der Waals surface area contributed by atoms with E-state index in [1.54, 1.807) is 14.0 Å². The molecule has 1 rings (SSSR count). The molecule has 4 nitrogen and oxygen atoms in total. The number of rotatable bonds is 2. The van der Waals surface area contributed by atoms with Gasteiger partial charge in [0.15, 0.2) is 0 Å². The van der Waals surface area contributed by atoms with Crippen molar-refractivity contribution < 1.29 is 9.47 Å². The fourth-order valence-electron chi connectivity index (χ4n) is 0.843. The zero-order valence-corrected chi connectivity index (χ0v) is 10.3. The van der Waals surface area contributed by atoms with E-state index in [4.69, 9.17) is 15.2 Å². The van der Waals surface area contributed by atoms with E-state index in [-0.39, 0.29) is 0 Å². The second kappa shape index (κ2) is 13.1. The average Bonchev–Trinajstić information content (AvgIpc) is 2.74. The maximum Gasteiger partial charge on any atom is 0.0957 e. The monoisotopic (exact) mass is 216 g/mol. The van der Waals surface area contributed by atoms with Crippen LogP contribution < -0.4 is 5.73 Å². The number of nitrogens with zero attached hydrogens (tertiary/aromatic N) is 1. The number of ether oxygens (including phenoxy) is 2. The number of amidine groups is 1. The highest BCUT2D eigenvalue weighted by Crippen LogP contribution is 2.05. The van der Waals surface area contributed by atoms with Crippen molar-refractivity contribution in [3.8, 4) is 0 Å². The van der Waals surface area contributed by atoms with Crippen molar-refractivity contribution >= 4 is 5.84 Å². The van der Waals surface area contributed by atoms with E-state index in [9.17, 15) is 0 Å². The normalized spacial score (nSPS) is 19.5. The molecule has 0 aromatic rings. The summed E-state index contributed by atoms with van der Waals surface area (Å²) in [6.07, 6.45) is 2.85. The summed E-state index contributed by atoms with van der Waals surface area (Å²) in [7, 11) is 1.72. The van der Waals surface area contributed by atoms with Crippen LogP contribution in [0.25, 0.3) is 0 Å². The molecule has 1 aliphatic rings. The molecule has 0 bridgehead atoms. The molecule has 2 N–H and O–H groups in total. The summed E-state index contributed by atoms with van der Waals surface area (Å²) in [4.78, 5) is 3.58. The molecule has 0 amide bonds. The zero-order valence-electron chi connectivity index (χ0n) is 10.3. The number of hydrogen-bond donors (Lipinski definition) is 1. The maximum atomic E-state index is 5.08. The third-order valence-electron chi connectivity index (χ3n) is 1.52. The Kier molecular flexibility index (Phi) is 14.5. The Hall–Kier alpha value is -0.870. The fourth-order valence-corrected chi connectivity index (χ4v) is 0.843. The lowest BCUT2D eigenvalue weighted by atomic mass is 10.3. The minimum Gasteiger partial charge on any atom is -0.387 e. The highest BCUT2D eigenvalue weighted by Gasteiger charge is 2.12. The van der Waals surface area contributed by atoms with Crippen molar-refractivity contribution in [3.63, 3.8) is 0 Å². The second-order valence-electron chi connectivity index (χ2n) is 2.67. The van der Waals surface area contributed by atoms with Gasteiger partial charge in [-0.3, -0.25) is 0 Å². The Morgan fingerprint density at radius 3 is 2.33 bits per heavy atom. The van der Waals surface area contributed by atoms with Gasteiger partial charge in [0.05, 0.1) is 18.5 Å². The van der Waals surface area contributed by atoms with Crippen LogP contribution in [0, 0.1) is 0 Å². The first kappa shape index (κ1) is 16.6. The molecule has 90 valence electrons. The van der Waals surface area contributed by atoms with Crippen molar-refractivity contribution in [2.75, 3.05) is 20.3 Å². The summed E-state index contributed by atoms with van der Waals surface area (Å²) < 4.78 is 10.0. The van der Waals surface area contributed by atoms with Gasteiger partial charge in [0.1, 0.15) is 0 Å². The summed E-state index contributed by atoms with van der Waals surface area (Å²) in [6, 6.07) is 0. The van der Waals surface area contributed by atoms with Gasteiger partial charge in [-0.2, -0.15) is 0 Å². The predicted octanol–water partition coefficient (Wildman–Crippen LogP) is 1.95. The Morgan fingerprint density at radius 2 is 2.20 bits per heavy atom. The minimum atomic E-state index is 0.375. The molecule has 1 aliphatic heterocycles. The summed E-state index contributed by atoms with van der Waals surface area (Å²) >= 11 is 0. The van der Waals surface area contributed by atoms with Gasteiger partial charge in [0.25, 0.3) is 0 Å². The number of nitrogens with two attached hydrogens (primary N) is 1. The Morgan fingerprint density at radius 1 is 1.60 bits per heavy atom. The molecule has 0 spiro atoms. The van der Waals surface area contributed by atoms with Gasteiger partial charge in [0, 0.05) is 19.9 Å². The molecule has 0 aliphatic carbocycles. The first-order valence-corrected chi connectivity index (χ1v) is 5.22. The SMILES string of the molecule is C=CN=C(C)N.CC.COC1CCOC1. The fraction of sp³-hybridized carbons (Fsp3) is 0.727. The summed E-state index contributed by atoms with van der Waals surface area (Å²) in [5.41, 5.74) is 5.08. The third-order valence-corrected chi connectivity index (χ3v) is 1.52. The van der Waals surface area contributed by atoms with Crippen LogP contribution in [0.2, 0.25) is 0 Å². The van der Waals surface area contributed by atoms with Crippen LogP contribution in [-0.4, -0.2) is 32.3 Å². The predicted molar refractivity (Wildman–Crippen MR) is 65.1 cm³/mol. The molecule has 1 unspecified atom stereocenters. The van der Waals surface area contributed by atoms with Crippen LogP contribution in [0.4, 0.5) is 0 Å². The molecule has 0 aromatic heterocycles. The Bertz CT molecular complexity index is 160. The molecule has 1 atom stereocenters. The molecular formula is C11H24N2O2. The van der Waals surface area contributed by atoms with Crippen LogP contribution in [0.5, 0.6) is 0 Å². The summed E-state index contributed by atoms with van der Waals surface area (Å²) in [5, 5.41) is 0.